The standard InChI is InChI=1S/C22H26N4O2/c1-14-16(21(28)25-22(3,4)5)9-8-11-17(14)24-20(27)15(2)26-13-23-18-10-6-7-12-19(18)26/h6-13,15H,1-5H3,(H,24,27)(H,25,28)/t15-/m0/s1. The van der Waals surface area contributed by atoms with Crippen molar-refractivity contribution in [2.75, 3.05) is 5.32 Å². The number of imidazole rings is 1. The fourth-order valence-corrected chi connectivity index (χ4v) is 3.08. The molecule has 0 unspecified atom stereocenters. The third-order valence-corrected chi connectivity index (χ3v) is 4.60. The lowest BCUT2D eigenvalue weighted by molar-refractivity contribution is -0.118. The van der Waals surface area contributed by atoms with E-state index in [1.165, 1.54) is 0 Å². The molecule has 1 aromatic heterocycles. The molecule has 0 spiro atoms. The Kier molecular flexibility index (Phi) is 5.23. The maximum atomic E-state index is 12.9. The van der Waals surface area contributed by atoms with Crippen molar-refractivity contribution in [2.24, 2.45) is 0 Å². The summed E-state index contributed by atoms with van der Waals surface area (Å²) < 4.78 is 1.84. The van der Waals surface area contributed by atoms with Gasteiger partial charge in [0.2, 0.25) is 5.91 Å². The first-order valence-electron chi connectivity index (χ1n) is 9.32. The number of benzene rings is 2. The summed E-state index contributed by atoms with van der Waals surface area (Å²) in [5.41, 5.74) is 3.33. The summed E-state index contributed by atoms with van der Waals surface area (Å²) in [5, 5.41) is 5.91. The molecule has 1 heterocycles. The second-order valence-electron chi connectivity index (χ2n) is 7.99. The highest BCUT2D eigenvalue weighted by Crippen LogP contribution is 2.23. The van der Waals surface area contributed by atoms with Gasteiger partial charge in [0.1, 0.15) is 6.04 Å². The van der Waals surface area contributed by atoms with Crippen LogP contribution in [0.2, 0.25) is 0 Å². The predicted octanol–water partition coefficient (Wildman–Crippen LogP) is 4.07. The van der Waals surface area contributed by atoms with Gasteiger partial charge in [-0.2, -0.15) is 0 Å². The Labute approximate surface area is 165 Å². The van der Waals surface area contributed by atoms with Crippen molar-refractivity contribution in [1.82, 2.24) is 14.9 Å². The quantitative estimate of drug-likeness (QED) is 0.718. The fourth-order valence-electron chi connectivity index (χ4n) is 3.08. The van der Waals surface area contributed by atoms with E-state index in [-0.39, 0.29) is 17.4 Å². The summed E-state index contributed by atoms with van der Waals surface area (Å²) in [6, 6.07) is 12.6. The van der Waals surface area contributed by atoms with Crippen LogP contribution in [0, 0.1) is 6.92 Å². The van der Waals surface area contributed by atoms with Gasteiger partial charge in [-0.25, -0.2) is 4.98 Å². The van der Waals surface area contributed by atoms with Gasteiger partial charge in [-0.3, -0.25) is 9.59 Å². The minimum atomic E-state index is -0.446. The molecule has 0 saturated carbocycles. The van der Waals surface area contributed by atoms with Crippen molar-refractivity contribution in [2.45, 2.75) is 46.2 Å². The maximum Gasteiger partial charge on any atom is 0.252 e. The van der Waals surface area contributed by atoms with Crippen LogP contribution in [-0.2, 0) is 4.79 Å². The Morgan fingerprint density at radius 2 is 1.79 bits per heavy atom. The number of hydrogen-bond donors (Lipinski definition) is 2. The van der Waals surface area contributed by atoms with E-state index in [9.17, 15) is 9.59 Å². The molecule has 3 rings (SSSR count). The van der Waals surface area contributed by atoms with Gasteiger partial charge >= 0.3 is 0 Å². The first-order chi connectivity index (χ1) is 13.2. The van der Waals surface area contributed by atoms with Crippen molar-refractivity contribution in [1.29, 1.82) is 0 Å². The molecule has 2 amide bonds. The van der Waals surface area contributed by atoms with Crippen molar-refractivity contribution in [3.63, 3.8) is 0 Å². The highest BCUT2D eigenvalue weighted by Gasteiger charge is 2.21. The number of anilines is 1. The second kappa shape index (κ2) is 7.46. The zero-order valence-corrected chi connectivity index (χ0v) is 16.9. The molecule has 28 heavy (non-hydrogen) atoms. The number of fused-ring (bicyclic) bond motifs is 1. The third-order valence-electron chi connectivity index (χ3n) is 4.60. The Morgan fingerprint density at radius 1 is 1.07 bits per heavy atom. The van der Waals surface area contributed by atoms with E-state index in [0.717, 1.165) is 16.6 Å². The predicted molar refractivity (Wildman–Crippen MR) is 111 cm³/mol. The highest BCUT2D eigenvalue weighted by atomic mass is 16.2. The molecule has 0 bridgehead atoms. The summed E-state index contributed by atoms with van der Waals surface area (Å²) in [5.74, 6) is -0.325. The summed E-state index contributed by atoms with van der Waals surface area (Å²) in [7, 11) is 0. The van der Waals surface area contributed by atoms with Crippen molar-refractivity contribution in [3.8, 4) is 0 Å². The van der Waals surface area contributed by atoms with Gasteiger partial charge in [-0.1, -0.05) is 18.2 Å². The lowest BCUT2D eigenvalue weighted by Gasteiger charge is -2.22. The van der Waals surface area contributed by atoms with E-state index in [0.29, 0.717) is 11.3 Å². The van der Waals surface area contributed by atoms with Crippen LogP contribution in [0.25, 0.3) is 11.0 Å². The van der Waals surface area contributed by atoms with Crippen LogP contribution < -0.4 is 10.6 Å². The lowest BCUT2D eigenvalue weighted by Crippen LogP contribution is -2.40. The number of nitrogens with one attached hydrogen (secondary N) is 2. The number of nitrogens with zero attached hydrogens (tertiary/aromatic N) is 2. The van der Waals surface area contributed by atoms with E-state index >= 15 is 0 Å². The second-order valence-corrected chi connectivity index (χ2v) is 7.99. The molecule has 1 atom stereocenters. The Bertz CT molecular complexity index is 1030. The van der Waals surface area contributed by atoms with Crippen LogP contribution in [0.3, 0.4) is 0 Å². The molecular weight excluding hydrogens is 352 g/mol. The van der Waals surface area contributed by atoms with Gasteiger partial charge in [-0.05, 0) is 64.4 Å². The zero-order chi connectivity index (χ0) is 20.5. The molecule has 3 aromatic rings. The first kappa shape index (κ1) is 19.6. The number of rotatable bonds is 4. The summed E-state index contributed by atoms with van der Waals surface area (Å²) >= 11 is 0. The number of aromatic nitrogens is 2. The van der Waals surface area contributed by atoms with Crippen molar-refractivity contribution < 1.29 is 9.59 Å². The molecule has 0 saturated heterocycles. The minimum Gasteiger partial charge on any atom is -0.347 e. The van der Waals surface area contributed by atoms with E-state index in [2.05, 4.69) is 15.6 Å². The van der Waals surface area contributed by atoms with Crippen LogP contribution in [0.5, 0.6) is 0 Å². The number of carbonyl (C=O) groups is 2. The van der Waals surface area contributed by atoms with Gasteiger partial charge in [0.05, 0.1) is 17.4 Å². The zero-order valence-electron chi connectivity index (χ0n) is 16.9. The van der Waals surface area contributed by atoms with Gasteiger partial charge in [0.25, 0.3) is 5.91 Å². The number of amides is 2. The summed E-state index contributed by atoms with van der Waals surface area (Å²) in [4.78, 5) is 29.8. The van der Waals surface area contributed by atoms with E-state index in [4.69, 9.17) is 0 Å². The van der Waals surface area contributed by atoms with E-state index in [1.807, 2.05) is 63.5 Å². The molecule has 0 aliphatic carbocycles. The van der Waals surface area contributed by atoms with Crippen LogP contribution in [-0.4, -0.2) is 26.9 Å². The van der Waals surface area contributed by atoms with Crippen LogP contribution in [0.4, 0.5) is 5.69 Å². The van der Waals surface area contributed by atoms with Crippen LogP contribution >= 0.6 is 0 Å². The molecule has 0 aliphatic rings. The highest BCUT2D eigenvalue weighted by molar-refractivity contribution is 6.00. The topological polar surface area (TPSA) is 76.0 Å². The molecule has 146 valence electrons. The number of carbonyl (C=O) groups excluding carboxylic acids is 2. The molecule has 0 aliphatic heterocycles. The Hall–Kier alpha value is -3.15. The lowest BCUT2D eigenvalue weighted by atomic mass is 10.0. The van der Waals surface area contributed by atoms with Gasteiger partial charge in [-0.15, -0.1) is 0 Å². The smallest absolute Gasteiger partial charge is 0.252 e. The minimum absolute atomic E-state index is 0.158. The SMILES string of the molecule is Cc1c(NC(=O)[C@H](C)n2cnc3ccccc32)cccc1C(=O)NC(C)(C)C. The molecular formula is C22H26N4O2. The Balaban J connectivity index is 1.82. The molecule has 6 nitrogen and oxygen atoms in total. The van der Waals surface area contributed by atoms with Gasteiger partial charge in [0.15, 0.2) is 0 Å². The number of para-hydroxylation sites is 2. The average Bonchev–Trinajstić information content (AvgIpc) is 3.05. The average molecular weight is 378 g/mol. The van der Waals surface area contributed by atoms with Crippen LogP contribution in [0.15, 0.2) is 48.8 Å². The molecule has 6 heteroatoms. The third kappa shape index (κ3) is 4.06. The number of hydrogen-bond acceptors (Lipinski definition) is 3. The monoisotopic (exact) mass is 378 g/mol. The van der Waals surface area contributed by atoms with Crippen molar-refractivity contribution >= 4 is 28.5 Å². The maximum absolute atomic E-state index is 12.9. The largest absolute Gasteiger partial charge is 0.347 e. The summed E-state index contributed by atoms with van der Waals surface area (Å²) in [6.45, 7) is 9.47. The molecule has 0 fully saturated rings. The fraction of sp³-hybridized carbons (Fsp3) is 0.318. The first-order valence-corrected chi connectivity index (χ1v) is 9.32. The van der Waals surface area contributed by atoms with E-state index < -0.39 is 6.04 Å². The van der Waals surface area contributed by atoms with Gasteiger partial charge < -0.3 is 15.2 Å². The molecule has 0 radical (unpaired) electrons. The van der Waals surface area contributed by atoms with Crippen molar-refractivity contribution in [3.05, 3.63) is 59.9 Å². The van der Waals surface area contributed by atoms with Crippen LogP contribution in [0.1, 0.15) is 49.7 Å². The normalized spacial score (nSPS) is 12.6. The molecule has 2 N–H and O–H groups in total. The Morgan fingerprint density at radius 3 is 2.50 bits per heavy atom. The van der Waals surface area contributed by atoms with Gasteiger partial charge in [0, 0.05) is 16.8 Å². The summed E-state index contributed by atoms with van der Waals surface area (Å²) in [6.07, 6.45) is 1.68. The van der Waals surface area contributed by atoms with E-state index in [1.54, 1.807) is 24.5 Å². The molecule has 2 aromatic carbocycles.